The summed E-state index contributed by atoms with van der Waals surface area (Å²) in [7, 11) is 0. The Hall–Kier alpha value is -2.34. The summed E-state index contributed by atoms with van der Waals surface area (Å²) in [6.07, 6.45) is 6.91. The van der Waals surface area contributed by atoms with Crippen LogP contribution >= 0.6 is 11.3 Å². The Balaban J connectivity index is 1.64. The Morgan fingerprint density at radius 2 is 2.25 bits per heavy atom. The quantitative estimate of drug-likeness (QED) is 0.931. The van der Waals surface area contributed by atoms with E-state index in [0.29, 0.717) is 0 Å². The van der Waals surface area contributed by atoms with Gasteiger partial charge >= 0.3 is 0 Å². The number of nitrogens with zero attached hydrogens (tertiary/aromatic N) is 4. The van der Waals surface area contributed by atoms with Gasteiger partial charge in [-0.05, 0) is 36.6 Å². The summed E-state index contributed by atoms with van der Waals surface area (Å²) < 4.78 is 0. The summed E-state index contributed by atoms with van der Waals surface area (Å²) in [5, 5.41) is 2.23. The molecule has 0 aliphatic carbocycles. The zero-order valence-electron chi connectivity index (χ0n) is 14.0. The van der Waals surface area contributed by atoms with Crippen molar-refractivity contribution in [3.8, 4) is 0 Å². The number of hydrogen-bond acceptors (Lipinski definition) is 6. The van der Waals surface area contributed by atoms with Crippen molar-refractivity contribution in [1.82, 2.24) is 25.3 Å². The molecule has 2 aromatic rings. The van der Waals surface area contributed by atoms with Crippen molar-refractivity contribution >= 4 is 11.3 Å². The average molecular weight is 339 g/mol. The third-order valence-corrected chi connectivity index (χ3v) is 5.45. The van der Waals surface area contributed by atoms with Crippen LogP contribution in [0.1, 0.15) is 30.0 Å². The van der Waals surface area contributed by atoms with E-state index >= 15 is 0 Å². The molecule has 5 nitrogen and oxygen atoms in total. The number of fused-ring (bicyclic) bond motifs is 1. The summed E-state index contributed by atoms with van der Waals surface area (Å²) >= 11 is 1.69. The monoisotopic (exact) mass is 339 g/mol. The lowest BCUT2D eigenvalue weighted by Gasteiger charge is -2.41. The van der Waals surface area contributed by atoms with Gasteiger partial charge in [0.2, 0.25) is 0 Å². The molecular formula is C18H21N5S. The normalized spacial score (nSPS) is 17.5. The molecule has 4 rings (SSSR count). The van der Waals surface area contributed by atoms with Crippen molar-refractivity contribution < 1.29 is 0 Å². The second kappa shape index (κ2) is 6.28. The molecule has 0 radical (unpaired) electrons. The molecule has 124 valence electrons. The minimum atomic E-state index is 0.817. The van der Waals surface area contributed by atoms with Crippen molar-refractivity contribution in [1.29, 1.82) is 0 Å². The molecule has 2 aromatic heterocycles. The molecule has 4 heterocycles. The molecule has 0 saturated carbocycles. The van der Waals surface area contributed by atoms with E-state index in [9.17, 15) is 0 Å². The number of pyridine rings is 1. The Kier molecular flexibility index (Phi) is 3.98. The van der Waals surface area contributed by atoms with Gasteiger partial charge in [-0.3, -0.25) is 15.0 Å². The van der Waals surface area contributed by atoms with Crippen LogP contribution < -0.4 is 5.43 Å². The second-order valence-corrected chi connectivity index (χ2v) is 7.21. The fourth-order valence-electron chi connectivity index (χ4n) is 3.27. The van der Waals surface area contributed by atoms with Gasteiger partial charge in [-0.1, -0.05) is 6.07 Å². The van der Waals surface area contributed by atoms with E-state index in [1.807, 2.05) is 24.0 Å². The van der Waals surface area contributed by atoms with E-state index in [0.717, 1.165) is 26.1 Å². The van der Waals surface area contributed by atoms with Gasteiger partial charge < -0.3 is 10.3 Å². The van der Waals surface area contributed by atoms with Crippen LogP contribution in [0.25, 0.3) is 0 Å². The standard InChI is InChI=1S/C18H21N5S/c1-13-8-21-23(11-16-9-19-12-24-16)18(14(13)2)22-7-5-17-15(10-22)4-3-6-20-17/h3-4,6,8-9,12,21H,5,7,10-11H2,1-2H3. The van der Waals surface area contributed by atoms with Crippen molar-refractivity contribution in [2.24, 2.45) is 0 Å². The maximum atomic E-state index is 4.52. The van der Waals surface area contributed by atoms with Crippen molar-refractivity contribution in [3.05, 3.63) is 69.3 Å². The topological polar surface area (TPSA) is 44.3 Å². The van der Waals surface area contributed by atoms with E-state index in [2.05, 4.69) is 51.4 Å². The fraction of sp³-hybridized carbons (Fsp3) is 0.333. The number of aromatic nitrogens is 2. The van der Waals surface area contributed by atoms with Crippen LogP contribution in [0.4, 0.5) is 0 Å². The maximum Gasteiger partial charge on any atom is 0.127 e. The minimum Gasteiger partial charge on any atom is -0.352 e. The highest BCUT2D eigenvalue weighted by Crippen LogP contribution is 2.29. The molecule has 1 N–H and O–H groups in total. The van der Waals surface area contributed by atoms with Crippen LogP contribution in [0, 0.1) is 0 Å². The predicted molar refractivity (Wildman–Crippen MR) is 95.6 cm³/mol. The van der Waals surface area contributed by atoms with E-state index in [1.165, 1.54) is 33.1 Å². The molecular weight excluding hydrogens is 318 g/mol. The predicted octanol–water partition coefficient (Wildman–Crippen LogP) is 3.05. The molecule has 6 heteroatoms. The van der Waals surface area contributed by atoms with Gasteiger partial charge in [0, 0.05) is 48.7 Å². The Labute approximate surface area is 146 Å². The van der Waals surface area contributed by atoms with Crippen molar-refractivity contribution in [2.75, 3.05) is 6.54 Å². The van der Waals surface area contributed by atoms with Crippen LogP contribution in [-0.4, -0.2) is 26.4 Å². The molecule has 0 bridgehead atoms. The van der Waals surface area contributed by atoms with Gasteiger partial charge in [-0.25, -0.2) is 0 Å². The summed E-state index contributed by atoms with van der Waals surface area (Å²) in [6, 6.07) is 4.22. The van der Waals surface area contributed by atoms with Crippen LogP contribution in [0.2, 0.25) is 0 Å². The molecule has 0 unspecified atom stereocenters. The second-order valence-electron chi connectivity index (χ2n) is 6.24. The van der Waals surface area contributed by atoms with Gasteiger partial charge in [0.25, 0.3) is 0 Å². The molecule has 2 aliphatic heterocycles. The largest absolute Gasteiger partial charge is 0.352 e. The summed E-state index contributed by atoms with van der Waals surface area (Å²) in [5.74, 6) is 1.26. The smallest absolute Gasteiger partial charge is 0.127 e. The third kappa shape index (κ3) is 2.78. The number of rotatable bonds is 3. The highest BCUT2D eigenvalue weighted by Gasteiger charge is 2.26. The van der Waals surface area contributed by atoms with Crippen LogP contribution in [0.5, 0.6) is 0 Å². The first kappa shape index (κ1) is 15.2. The van der Waals surface area contributed by atoms with E-state index in [-0.39, 0.29) is 0 Å². The SMILES string of the molecule is CC1=CNN(Cc2cncs2)C(N2CCc3ncccc3C2)=C1C. The summed E-state index contributed by atoms with van der Waals surface area (Å²) in [5.41, 5.74) is 10.5. The lowest BCUT2D eigenvalue weighted by Crippen LogP contribution is -2.45. The number of hydrazine groups is 1. The summed E-state index contributed by atoms with van der Waals surface area (Å²) in [4.78, 5) is 12.4. The van der Waals surface area contributed by atoms with E-state index in [4.69, 9.17) is 0 Å². The van der Waals surface area contributed by atoms with Gasteiger partial charge in [0.15, 0.2) is 0 Å². The molecule has 0 spiro atoms. The number of thiazole rings is 1. The average Bonchev–Trinajstić information content (AvgIpc) is 3.11. The lowest BCUT2D eigenvalue weighted by atomic mass is 10.0. The van der Waals surface area contributed by atoms with Gasteiger partial charge in [0.1, 0.15) is 5.82 Å². The molecule has 24 heavy (non-hydrogen) atoms. The van der Waals surface area contributed by atoms with Crippen LogP contribution in [0.15, 0.2) is 53.2 Å². The Morgan fingerprint density at radius 3 is 3.08 bits per heavy atom. The first-order chi connectivity index (χ1) is 11.7. The van der Waals surface area contributed by atoms with Gasteiger partial charge in [-0.2, -0.15) is 0 Å². The summed E-state index contributed by atoms with van der Waals surface area (Å²) in [6.45, 7) is 7.08. The van der Waals surface area contributed by atoms with E-state index < -0.39 is 0 Å². The minimum absolute atomic E-state index is 0.817. The van der Waals surface area contributed by atoms with Gasteiger partial charge in [0.05, 0.1) is 12.1 Å². The molecule has 0 amide bonds. The molecule has 0 aromatic carbocycles. The number of hydrogen-bond donors (Lipinski definition) is 1. The zero-order valence-corrected chi connectivity index (χ0v) is 14.8. The zero-order chi connectivity index (χ0) is 16.5. The third-order valence-electron chi connectivity index (χ3n) is 4.68. The van der Waals surface area contributed by atoms with Crippen LogP contribution in [-0.2, 0) is 19.5 Å². The van der Waals surface area contributed by atoms with Gasteiger partial charge in [-0.15, -0.1) is 11.3 Å². The lowest BCUT2D eigenvalue weighted by molar-refractivity contribution is 0.153. The number of allylic oxidation sites excluding steroid dienone is 2. The molecule has 0 saturated heterocycles. The maximum absolute atomic E-state index is 4.52. The first-order valence-corrected chi connectivity index (χ1v) is 9.07. The van der Waals surface area contributed by atoms with Crippen molar-refractivity contribution in [3.63, 3.8) is 0 Å². The Bertz CT molecular complexity index is 794. The van der Waals surface area contributed by atoms with Crippen molar-refractivity contribution in [2.45, 2.75) is 33.4 Å². The fourth-order valence-corrected chi connectivity index (χ4v) is 3.86. The van der Waals surface area contributed by atoms with E-state index in [1.54, 1.807) is 11.3 Å². The molecule has 0 atom stereocenters. The van der Waals surface area contributed by atoms with Crippen LogP contribution in [0.3, 0.4) is 0 Å². The first-order valence-electron chi connectivity index (χ1n) is 8.19. The highest BCUT2D eigenvalue weighted by molar-refractivity contribution is 7.09. The number of nitrogens with one attached hydrogen (secondary N) is 1. The molecule has 0 fully saturated rings. The Morgan fingerprint density at radius 1 is 1.33 bits per heavy atom. The highest BCUT2D eigenvalue weighted by atomic mass is 32.1. The molecule has 2 aliphatic rings.